The number of esters is 1. The Morgan fingerprint density at radius 2 is 1.71 bits per heavy atom. The van der Waals surface area contributed by atoms with Crippen molar-refractivity contribution in [3.8, 4) is 0 Å². The Bertz CT molecular complexity index is 632. The fourth-order valence-corrected chi connectivity index (χ4v) is 3.49. The number of allylic oxidation sites excluding steroid dienone is 1. The third-order valence-corrected chi connectivity index (χ3v) is 4.82. The Kier molecular flexibility index (Phi) is 6.97. The second kappa shape index (κ2) is 8.13. The summed E-state index contributed by atoms with van der Waals surface area (Å²) in [6, 6.07) is 0. The van der Waals surface area contributed by atoms with E-state index < -0.39 is 34.0 Å². The molecular formula is C21H36N2O5. The van der Waals surface area contributed by atoms with Crippen LogP contribution in [-0.2, 0) is 19.1 Å². The molecule has 0 saturated carbocycles. The Morgan fingerprint density at radius 3 is 2.14 bits per heavy atom. The van der Waals surface area contributed by atoms with E-state index in [-0.39, 0.29) is 32.0 Å². The molecule has 0 radical (unpaired) electrons. The first-order valence-electron chi connectivity index (χ1n) is 9.70. The molecule has 1 saturated heterocycles. The molecule has 1 N–H and O–H groups in total. The van der Waals surface area contributed by atoms with Crippen LogP contribution in [-0.4, -0.2) is 53.7 Å². The van der Waals surface area contributed by atoms with Gasteiger partial charge in [0.25, 0.3) is 0 Å². The number of nitrogens with one attached hydrogen (secondary N) is 1. The summed E-state index contributed by atoms with van der Waals surface area (Å²) in [6.45, 7) is 18.4. The van der Waals surface area contributed by atoms with Crippen molar-refractivity contribution in [3.63, 3.8) is 0 Å². The van der Waals surface area contributed by atoms with Gasteiger partial charge in [-0.2, -0.15) is 0 Å². The van der Waals surface area contributed by atoms with E-state index in [0.29, 0.717) is 0 Å². The number of hydrogen-bond donors (Lipinski definition) is 1. The molecule has 7 heteroatoms. The van der Waals surface area contributed by atoms with E-state index in [1.54, 1.807) is 40.7 Å². The highest BCUT2D eigenvalue weighted by Crippen LogP contribution is 2.50. The Morgan fingerprint density at radius 1 is 1.14 bits per heavy atom. The second-order valence-electron chi connectivity index (χ2n) is 9.67. The zero-order valence-corrected chi connectivity index (χ0v) is 18.6. The molecule has 1 aliphatic heterocycles. The quantitative estimate of drug-likeness (QED) is 0.569. The van der Waals surface area contributed by atoms with Crippen molar-refractivity contribution in [1.29, 1.82) is 0 Å². The average Bonchev–Trinajstić information content (AvgIpc) is 2.80. The van der Waals surface area contributed by atoms with Crippen molar-refractivity contribution in [2.75, 3.05) is 19.7 Å². The molecule has 1 aliphatic rings. The Hall–Kier alpha value is -2.05. The summed E-state index contributed by atoms with van der Waals surface area (Å²) in [5.41, 5.74) is -3.61. The number of ether oxygens (including phenoxy) is 2. The van der Waals surface area contributed by atoms with Gasteiger partial charge in [0, 0.05) is 18.6 Å². The molecule has 0 aliphatic carbocycles. The van der Waals surface area contributed by atoms with E-state index in [4.69, 9.17) is 9.47 Å². The minimum absolute atomic E-state index is 0.0286. The number of nitrogens with zero attached hydrogens (tertiary/aromatic N) is 1. The molecule has 160 valence electrons. The molecule has 0 spiro atoms. The van der Waals surface area contributed by atoms with E-state index in [2.05, 4.69) is 11.9 Å². The number of rotatable bonds is 5. The predicted octanol–water partition coefficient (Wildman–Crippen LogP) is 3.28. The second-order valence-corrected chi connectivity index (χ2v) is 9.67. The van der Waals surface area contributed by atoms with Crippen LogP contribution in [0, 0.1) is 10.8 Å². The van der Waals surface area contributed by atoms with Crippen LogP contribution in [0.2, 0.25) is 0 Å². The van der Waals surface area contributed by atoms with Crippen LogP contribution < -0.4 is 5.32 Å². The van der Waals surface area contributed by atoms with Crippen molar-refractivity contribution in [3.05, 3.63) is 12.7 Å². The summed E-state index contributed by atoms with van der Waals surface area (Å²) in [5, 5.41) is 2.96. The Balaban J connectivity index is 3.43. The molecule has 1 heterocycles. The SMILES string of the molecule is C=CCC1(C(=O)OCC)CN(C(=O)OC(C)(C)C)CC1(C)C(=O)NC(C)(C)C. The standard InChI is InChI=1S/C21H36N2O5/c1-10-12-21(16(25)27-11-2)14-23(17(26)28-19(6,7)8)13-20(21,9)15(24)22-18(3,4)5/h10H,1,11-14H2,2-9H3,(H,22,24). The zero-order chi connectivity index (χ0) is 22.0. The van der Waals surface area contributed by atoms with Gasteiger partial charge in [-0.05, 0) is 61.8 Å². The van der Waals surface area contributed by atoms with Crippen LogP contribution in [0.5, 0.6) is 0 Å². The van der Waals surface area contributed by atoms with Gasteiger partial charge in [0.2, 0.25) is 5.91 Å². The highest BCUT2D eigenvalue weighted by Gasteiger charge is 2.65. The fraction of sp³-hybridized carbons (Fsp3) is 0.762. The highest BCUT2D eigenvalue weighted by atomic mass is 16.6. The number of hydrogen-bond acceptors (Lipinski definition) is 5. The van der Waals surface area contributed by atoms with Gasteiger partial charge in [-0.3, -0.25) is 9.59 Å². The first-order chi connectivity index (χ1) is 12.6. The van der Waals surface area contributed by atoms with Crippen molar-refractivity contribution < 1.29 is 23.9 Å². The highest BCUT2D eigenvalue weighted by molar-refractivity contribution is 5.94. The number of likely N-dealkylation sites (tertiary alicyclic amines) is 1. The zero-order valence-electron chi connectivity index (χ0n) is 18.6. The van der Waals surface area contributed by atoms with E-state index >= 15 is 0 Å². The van der Waals surface area contributed by atoms with Crippen molar-refractivity contribution in [2.45, 2.75) is 73.0 Å². The van der Waals surface area contributed by atoms with Gasteiger partial charge in [-0.15, -0.1) is 6.58 Å². The maximum Gasteiger partial charge on any atom is 0.410 e. The maximum atomic E-state index is 13.3. The minimum atomic E-state index is -1.24. The molecule has 2 amide bonds. The lowest BCUT2D eigenvalue weighted by Gasteiger charge is -2.40. The number of amides is 2. The lowest BCUT2D eigenvalue weighted by atomic mass is 9.64. The normalized spacial score (nSPS) is 25.2. The first-order valence-corrected chi connectivity index (χ1v) is 9.70. The van der Waals surface area contributed by atoms with E-state index in [1.165, 1.54) is 4.90 Å². The largest absolute Gasteiger partial charge is 0.465 e. The summed E-state index contributed by atoms with van der Waals surface area (Å²) in [5.74, 6) is -0.812. The molecule has 2 unspecified atom stereocenters. The topological polar surface area (TPSA) is 84.9 Å². The van der Waals surface area contributed by atoms with Gasteiger partial charge in [-0.1, -0.05) is 6.08 Å². The van der Waals surface area contributed by atoms with E-state index in [1.807, 2.05) is 20.8 Å². The Labute approximate surface area is 168 Å². The van der Waals surface area contributed by atoms with Crippen LogP contribution in [0.3, 0.4) is 0 Å². The van der Waals surface area contributed by atoms with Gasteiger partial charge in [-0.25, -0.2) is 4.79 Å². The average molecular weight is 397 g/mol. The van der Waals surface area contributed by atoms with Crippen molar-refractivity contribution in [2.24, 2.45) is 10.8 Å². The van der Waals surface area contributed by atoms with Crippen LogP contribution in [0.15, 0.2) is 12.7 Å². The van der Waals surface area contributed by atoms with Gasteiger partial charge < -0.3 is 19.7 Å². The van der Waals surface area contributed by atoms with Gasteiger partial charge in [0.15, 0.2) is 0 Å². The molecule has 2 atom stereocenters. The molecular weight excluding hydrogens is 360 g/mol. The lowest BCUT2D eigenvalue weighted by molar-refractivity contribution is -0.165. The van der Waals surface area contributed by atoms with Crippen molar-refractivity contribution >= 4 is 18.0 Å². The van der Waals surface area contributed by atoms with Crippen LogP contribution in [0.4, 0.5) is 4.79 Å². The number of carbonyl (C=O) groups excluding carboxylic acids is 3. The molecule has 0 aromatic heterocycles. The fourth-order valence-electron chi connectivity index (χ4n) is 3.49. The summed E-state index contributed by atoms with van der Waals surface area (Å²) in [6.07, 6.45) is 1.25. The molecule has 28 heavy (non-hydrogen) atoms. The predicted molar refractivity (Wildman–Crippen MR) is 108 cm³/mol. The third-order valence-electron chi connectivity index (χ3n) is 4.82. The third kappa shape index (κ3) is 5.06. The van der Waals surface area contributed by atoms with Crippen molar-refractivity contribution in [1.82, 2.24) is 10.2 Å². The number of carbonyl (C=O) groups is 3. The van der Waals surface area contributed by atoms with Crippen LogP contribution >= 0.6 is 0 Å². The van der Waals surface area contributed by atoms with Gasteiger partial charge in [0.05, 0.1) is 12.0 Å². The molecule has 0 bridgehead atoms. The lowest BCUT2D eigenvalue weighted by Crippen LogP contribution is -2.57. The van der Waals surface area contributed by atoms with E-state index in [9.17, 15) is 14.4 Å². The molecule has 0 aromatic rings. The molecule has 1 fully saturated rings. The molecule has 1 rings (SSSR count). The van der Waals surface area contributed by atoms with Gasteiger partial charge in [0.1, 0.15) is 11.0 Å². The van der Waals surface area contributed by atoms with Crippen LogP contribution in [0.1, 0.15) is 61.8 Å². The summed E-state index contributed by atoms with van der Waals surface area (Å²) in [4.78, 5) is 40.5. The smallest absolute Gasteiger partial charge is 0.410 e. The summed E-state index contributed by atoms with van der Waals surface area (Å²) in [7, 11) is 0. The monoisotopic (exact) mass is 396 g/mol. The summed E-state index contributed by atoms with van der Waals surface area (Å²) >= 11 is 0. The first kappa shape index (κ1) is 24.0. The van der Waals surface area contributed by atoms with Gasteiger partial charge >= 0.3 is 12.1 Å². The van der Waals surface area contributed by atoms with Crippen LogP contribution in [0.25, 0.3) is 0 Å². The summed E-state index contributed by atoms with van der Waals surface area (Å²) < 4.78 is 10.8. The maximum absolute atomic E-state index is 13.3. The minimum Gasteiger partial charge on any atom is -0.465 e. The molecule has 7 nitrogen and oxygen atoms in total. The molecule has 0 aromatic carbocycles. The van der Waals surface area contributed by atoms with E-state index in [0.717, 1.165) is 0 Å².